The Morgan fingerprint density at radius 1 is 0.632 bits per heavy atom. The van der Waals surface area contributed by atoms with Crippen LogP contribution in [0.4, 0.5) is 13.2 Å². The fraction of sp³-hybridized carbons (Fsp3) is 0.161. The normalized spacial score (nSPS) is 13.7. The van der Waals surface area contributed by atoms with Crippen molar-refractivity contribution in [3.8, 4) is 22.6 Å². The minimum Gasteiger partial charge on any atom is -0.441 e. The molecule has 0 aliphatic rings. The topological polar surface area (TPSA) is 52.1 Å². The van der Waals surface area contributed by atoms with Gasteiger partial charge in [0.1, 0.15) is 16.4 Å². The largest absolute Gasteiger partial charge is 0.441 e. The predicted octanol–water partition coefficient (Wildman–Crippen LogP) is 8.79. The molecule has 4 nitrogen and oxygen atoms in total. The van der Waals surface area contributed by atoms with Crippen molar-refractivity contribution in [2.45, 2.75) is 32.4 Å². The van der Waals surface area contributed by atoms with Crippen molar-refractivity contribution in [3.63, 3.8) is 0 Å². The zero-order valence-electron chi connectivity index (χ0n) is 20.9. The number of aryl methyl sites for hydroxylation is 2. The van der Waals surface area contributed by atoms with E-state index >= 15 is 0 Å². The molecule has 0 saturated heterocycles. The van der Waals surface area contributed by atoms with Gasteiger partial charge in [-0.1, -0.05) is 54.1 Å². The molecule has 0 saturated carbocycles. The van der Waals surface area contributed by atoms with E-state index in [0.717, 1.165) is 22.3 Å². The van der Waals surface area contributed by atoms with Crippen molar-refractivity contribution in [1.82, 2.24) is 9.97 Å². The first-order valence-corrected chi connectivity index (χ1v) is 12.1. The van der Waals surface area contributed by atoms with E-state index in [1.807, 2.05) is 49.4 Å². The maximum atomic E-state index is 14.7. The molecule has 0 bridgehead atoms. The van der Waals surface area contributed by atoms with E-state index in [-0.39, 0.29) is 11.1 Å². The Kier molecular flexibility index (Phi) is 5.42. The van der Waals surface area contributed by atoms with E-state index in [2.05, 4.69) is 16.0 Å². The lowest BCUT2D eigenvalue weighted by molar-refractivity contribution is -0.173. The number of alkyl halides is 3. The molecule has 0 aliphatic heterocycles. The van der Waals surface area contributed by atoms with Crippen molar-refractivity contribution < 1.29 is 22.0 Å². The molecular weight excluding hydrogens is 489 g/mol. The zero-order valence-corrected chi connectivity index (χ0v) is 20.9. The Morgan fingerprint density at radius 3 is 1.87 bits per heavy atom. The van der Waals surface area contributed by atoms with Crippen LogP contribution in [0, 0.1) is 13.8 Å². The summed E-state index contributed by atoms with van der Waals surface area (Å²) in [5.74, 6) is 0.744. The van der Waals surface area contributed by atoms with E-state index in [4.69, 9.17) is 8.83 Å². The number of rotatable bonds is 4. The summed E-state index contributed by atoms with van der Waals surface area (Å²) in [5.41, 5.74) is 3.37. The molecule has 38 heavy (non-hydrogen) atoms. The molecule has 7 heteroatoms. The molecule has 0 amide bonds. The highest BCUT2D eigenvalue weighted by Crippen LogP contribution is 2.47. The first-order chi connectivity index (χ1) is 18.1. The lowest BCUT2D eigenvalue weighted by atomic mass is 9.75. The van der Waals surface area contributed by atoms with Gasteiger partial charge in [0.15, 0.2) is 17.1 Å². The first kappa shape index (κ1) is 24.0. The third-order valence-corrected chi connectivity index (χ3v) is 7.06. The predicted molar refractivity (Wildman–Crippen MR) is 141 cm³/mol. The van der Waals surface area contributed by atoms with E-state index in [9.17, 15) is 13.2 Å². The van der Waals surface area contributed by atoms with Gasteiger partial charge < -0.3 is 8.83 Å². The molecule has 0 spiro atoms. The SMILES string of the molecule is Cc1cccc(-c2cccc(-c3nc4cc(C(C)(c5ccc6oc(C)nc6c5)C(F)(F)F)ccc4o3)c2)c1. The average Bonchev–Trinajstić information content (AvgIpc) is 3.49. The Labute approximate surface area is 216 Å². The molecule has 1 unspecified atom stereocenters. The standard InChI is InChI=1S/C31H23F3N2O2/c1-18-6-4-7-20(14-18)21-8-5-9-22(15-21)29-36-26-17-24(11-13-28(26)38-29)30(3,31(32,33)34)23-10-12-27-25(16-23)35-19(2)37-27/h4-17H,1-3H3. The second kappa shape index (κ2) is 8.58. The van der Waals surface area contributed by atoms with Gasteiger partial charge >= 0.3 is 6.18 Å². The maximum Gasteiger partial charge on any atom is 0.402 e. The Morgan fingerprint density at radius 2 is 1.21 bits per heavy atom. The molecule has 6 rings (SSSR count). The molecule has 6 aromatic rings. The Balaban J connectivity index is 1.44. The summed E-state index contributed by atoms with van der Waals surface area (Å²) < 4.78 is 55.5. The Bertz CT molecular complexity index is 1820. The van der Waals surface area contributed by atoms with E-state index < -0.39 is 11.6 Å². The van der Waals surface area contributed by atoms with Gasteiger partial charge in [0.25, 0.3) is 0 Å². The fourth-order valence-electron chi connectivity index (χ4n) is 4.87. The number of hydrogen-bond donors (Lipinski definition) is 0. The first-order valence-electron chi connectivity index (χ1n) is 12.1. The van der Waals surface area contributed by atoms with E-state index in [0.29, 0.717) is 34.0 Å². The van der Waals surface area contributed by atoms with Crippen molar-refractivity contribution in [3.05, 3.63) is 108 Å². The Hall–Kier alpha value is -4.39. The number of fused-ring (bicyclic) bond motifs is 2. The lowest BCUT2D eigenvalue weighted by Gasteiger charge is -2.33. The average molecular weight is 513 g/mol. The summed E-state index contributed by atoms with van der Waals surface area (Å²) in [7, 11) is 0. The number of nitrogens with zero attached hydrogens (tertiary/aromatic N) is 2. The van der Waals surface area contributed by atoms with Crippen LogP contribution in [0.25, 0.3) is 44.8 Å². The molecule has 2 aromatic heterocycles. The van der Waals surface area contributed by atoms with Crippen LogP contribution in [-0.2, 0) is 5.41 Å². The van der Waals surface area contributed by atoms with Gasteiger partial charge in [-0.15, -0.1) is 0 Å². The van der Waals surface area contributed by atoms with Crippen LogP contribution in [0.15, 0.2) is 93.8 Å². The summed E-state index contributed by atoms with van der Waals surface area (Å²) >= 11 is 0. The minimum absolute atomic E-state index is 0.0606. The van der Waals surface area contributed by atoms with Crippen LogP contribution in [0.2, 0.25) is 0 Å². The molecule has 0 fully saturated rings. The van der Waals surface area contributed by atoms with Gasteiger partial charge in [-0.25, -0.2) is 9.97 Å². The quantitative estimate of drug-likeness (QED) is 0.237. The minimum atomic E-state index is -4.58. The monoisotopic (exact) mass is 512 g/mol. The zero-order chi connectivity index (χ0) is 26.7. The van der Waals surface area contributed by atoms with Crippen molar-refractivity contribution in [1.29, 1.82) is 0 Å². The van der Waals surface area contributed by atoms with Crippen LogP contribution in [0.3, 0.4) is 0 Å². The molecule has 2 heterocycles. The van der Waals surface area contributed by atoms with Crippen molar-refractivity contribution in [2.24, 2.45) is 0 Å². The van der Waals surface area contributed by atoms with E-state index in [1.165, 1.54) is 37.3 Å². The lowest BCUT2D eigenvalue weighted by Crippen LogP contribution is -2.40. The van der Waals surface area contributed by atoms with Gasteiger partial charge in [0, 0.05) is 12.5 Å². The summed E-state index contributed by atoms with van der Waals surface area (Å²) in [6.45, 7) is 4.87. The van der Waals surface area contributed by atoms with E-state index in [1.54, 1.807) is 13.0 Å². The summed E-state index contributed by atoms with van der Waals surface area (Å²) in [5, 5.41) is 0. The molecule has 0 N–H and O–H groups in total. The molecule has 0 aliphatic carbocycles. The van der Waals surface area contributed by atoms with Crippen LogP contribution in [0.5, 0.6) is 0 Å². The maximum absolute atomic E-state index is 14.7. The van der Waals surface area contributed by atoms with Crippen LogP contribution >= 0.6 is 0 Å². The molecule has 190 valence electrons. The molecular formula is C31H23F3N2O2. The highest BCUT2D eigenvalue weighted by Gasteiger charge is 2.53. The third-order valence-electron chi connectivity index (χ3n) is 7.06. The van der Waals surface area contributed by atoms with Gasteiger partial charge in [-0.2, -0.15) is 13.2 Å². The number of benzene rings is 4. The fourth-order valence-corrected chi connectivity index (χ4v) is 4.87. The third kappa shape index (κ3) is 3.95. The smallest absolute Gasteiger partial charge is 0.402 e. The highest BCUT2D eigenvalue weighted by atomic mass is 19.4. The number of halogens is 3. The van der Waals surface area contributed by atoms with Crippen LogP contribution in [0.1, 0.15) is 29.5 Å². The van der Waals surface area contributed by atoms with Gasteiger partial charge in [-0.05, 0) is 72.5 Å². The summed E-state index contributed by atoms with van der Waals surface area (Å²) in [6.07, 6.45) is -4.58. The van der Waals surface area contributed by atoms with Crippen molar-refractivity contribution >= 4 is 22.2 Å². The van der Waals surface area contributed by atoms with Crippen LogP contribution < -0.4 is 0 Å². The molecule has 1 atom stereocenters. The summed E-state index contributed by atoms with van der Waals surface area (Å²) in [4.78, 5) is 8.80. The van der Waals surface area contributed by atoms with Gasteiger partial charge in [-0.3, -0.25) is 0 Å². The second-order valence-electron chi connectivity index (χ2n) is 9.69. The van der Waals surface area contributed by atoms with Gasteiger partial charge in [0.05, 0.1) is 0 Å². The highest BCUT2D eigenvalue weighted by molar-refractivity contribution is 5.79. The summed E-state index contributed by atoms with van der Waals surface area (Å²) in [6, 6.07) is 24.8. The molecule has 0 radical (unpaired) electrons. The number of aromatic nitrogens is 2. The van der Waals surface area contributed by atoms with Crippen molar-refractivity contribution in [2.75, 3.05) is 0 Å². The molecule has 4 aromatic carbocycles. The number of hydrogen-bond acceptors (Lipinski definition) is 4. The van der Waals surface area contributed by atoms with Crippen LogP contribution in [-0.4, -0.2) is 16.1 Å². The van der Waals surface area contributed by atoms with Gasteiger partial charge in [0.2, 0.25) is 5.89 Å². The number of oxazole rings is 2. The second-order valence-corrected chi connectivity index (χ2v) is 9.69.